The lowest BCUT2D eigenvalue weighted by atomic mass is 10.3. The molecule has 1 amide bonds. The van der Waals surface area contributed by atoms with Gasteiger partial charge in [0.25, 0.3) is 5.91 Å². The highest BCUT2D eigenvalue weighted by atomic mass is 16.5. The van der Waals surface area contributed by atoms with Crippen LogP contribution in [0.15, 0.2) is 24.3 Å². The zero-order chi connectivity index (χ0) is 12.5. The fourth-order valence-electron chi connectivity index (χ4n) is 1.19. The molecule has 0 aromatic heterocycles. The van der Waals surface area contributed by atoms with Gasteiger partial charge >= 0.3 is 0 Å². The summed E-state index contributed by atoms with van der Waals surface area (Å²) < 4.78 is 10.8. The normalized spacial score (nSPS) is 9.76. The number of carbonyl (C=O) groups excluding carboxylic acids is 1. The molecule has 1 N–H and O–H groups in total. The lowest BCUT2D eigenvalue weighted by molar-refractivity contribution is -0.122. The molecule has 1 aromatic carbocycles. The molecule has 0 aliphatic heterocycles. The highest BCUT2D eigenvalue weighted by Gasteiger charge is 2.00. The van der Waals surface area contributed by atoms with Gasteiger partial charge in [-0.2, -0.15) is 0 Å². The highest BCUT2D eigenvalue weighted by molar-refractivity contribution is 5.77. The molecule has 0 aliphatic carbocycles. The molecule has 0 saturated heterocycles. The summed E-state index contributed by atoms with van der Waals surface area (Å²) in [6.07, 6.45) is 2.17. The van der Waals surface area contributed by atoms with E-state index in [0.29, 0.717) is 5.75 Å². The monoisotopic (exact) mass is 237 g/mol. The predicted molar refractivity (Wildman–Crippen MR) is 66.4 cm³/mol. The van der Waals surface area contributed by atoms with E-state index in [1.165, 1.54) is 0 Å². The minimum Gasteiger partial charge on any atom is -0.494 e. The standard InChI is InChI=1S/C13H19NO3/c1-3-4-9-16-11-5-7-12(8-6-11)17-10-13(15)14-2/h5-8H,3-4,9-10H2,1-2H3,(H,14,15). The first-order chi connectivity index (χ1) is 8.26. The second kappa shape index (κ2) is 7.54. The fourth-order valence-corrected chi connectivity index (χ4v) is 1.19. The summed E-state index contributed by atoms with van der Waals surface area (Å²) >= 11 is 0. The minimum atomic E-state index is -0.145. The van der Waals surface area contributed by atoms with Crippen molar-refractivity contribution in [3.8, 4) is 11.5 Å². The zero-order valence-corrected chi connectivity index (χ0v) is 10.4. The molecular weight excluding hydrogens is 218 g/mol. The Morgan fingerprint density at radius 2 is 1.76 bits per heavy atom. The maximum atomic E-state index is 11.0. The quantitative estimate of drug-likeness (QED) is 0.738. The molecule has 0 heterocycles. The number of hydrogen-bond donors (Lipinski definition) is 1. The van der Waals surface area contributed by atoms with Crippen LogP contribution >= 0.6 is 0 Å². The second-order valence-corrected chi connectivity index (χ2v) is 3.64. The number of amides is 1. The molecule has 0 aliphatic rings. The zero-order valence-electron chi connectivity index (χ0n) is 10.4. The van der Waals surface area contributed by atoms with E-state index in [2.05, 4.69) is 12.2 Å². The summed E-state index contributed by atoms with van der Waals surface area (Å²) in [4.78, 5) is 11.0. The number of benzene rings is 1. The van der Waals surface area contributed by atoms with Crippen LogP contribution in [0.4, 0.5) is 0 Å². The van der Waals surface area contributed by atoms with Gasteiger partial charge in [0.2, 0.25) is 0 Å². The molecule has 1 aromatic rings. The van der Waals surface area contributed by atoms with E-state index in [-0.39, 0.29) is 12.5 Å². The lowest BCUT2D eigenvalue weighted by Gasteiger charge is -2.07. The largest absolute Gasteiger partial charge is 0.494 e. The molecule has 0 bridgehead atoms. The van der Waals surface area contributed by atoms with Crippen molar-refractivity contribution in [2.24, 2.45) is 0 Å². The first kappa shape index (κ1) is 13.4. The molecule has 0 spiro atoms. The third-order valence-electron chi connectivity index (χ3n) is 2.24. The summed E-state index contributed by atoms with van der Waals surface area (Å²) in [5.41, 5.74) is 0. The van der Waals surface area contributed by atoms with Crippen molar-refractivity contribution in [1.82, 2.24) is 5.32 Å². The Morgan fingerprint density at radius 1 is 1.18 bits per heavy atom. The van der Waals surface area contributed by atoms with Gasteiger partial charge in [-0.3, -0.25) is 4.79 Å². The van der Waals surface area contributed by atoms with Crippen LogP contribution in [0.1, 0.15) is 19.8 Å². The van der Waals surface area contributed by atoms with Crippen molar-refractivity contribution in [3.05, 3.63) is 24.3 Å². The molecule has 17 heavy (non-hydrogen) atoms. The van der Waals surface area contributed by atoms with Gasteiger partial charge in [-0.15, -0.1) is 0 Å². The molecule has 94 valence electrons. The third-order valence-corrected chi connectivity index (χ3v) is 2.24. The summed E-state index contributed by atoms with van der Waals surface area (Å²) in [6.45, 7) is 2.89. The molecule has 4 heteroatoms. The minimum absolute atomic E-state index is 0.0343. The molecule has 1 rings (SSSR count). The van der Waals surface area contributed by atoms with Crippen molar-refractivity contribution in [2.45, 2.75) is 19.8 Å². The topological polar surface area (TPSA) is 47.6 Å². The lowest BCUT2D eigenvalue weighted by Crippen LogP contribution is -2.24. The molecule has 0 radical (unpaired) electrons. The van der Waals surface area contributed by atoms with Gasteiger partial charge < -0.3 is 14.8 Å². The number of hydrogen-bond acceptors (Lipinski definition) is 3. The van der Waals surface area contributed by atoms with Gasteiger partial charge in [-0.1, -0.05) is 13.3 Å². The Hall–Kier alpha value is -1.71. The van der Waals surface area contributed by atoms with Crippen LogP contribution in [-0.2, 0) is 4.79 Å². The van der Waals surface area contributed by atoms with E-state index < -0.39 is 0 Å². The molecule has 0 atom stereocenters. The Morgan fingerprint density at radius 3 is 2.29 bits per heavy atom. The number of ether oxygens (including phenoxy) is 2. The molecule has 4 nitrogen and oxygen atoms in total. The summed E-state index contributed by atoms with van der Waals surface area (Å²) in [5.74, 6) is 1.34. The summed E-state index contributed by atoms with van der Waals surface area (Å²) in [5, 5.41) is 2.49. The van der Waals surface area contributed by atoms with Crippen molar-refractivity contribution in [2.75, 3.05) is 20.3 Å². The fraction of sp³-hybridized carbons (Fsp3) is 0.462. The van der Waals surface area contributed by atoms with Gasteiger partial charge in [0, 0.05) is 7.05 Å². The number of unbranched alkanes of at least 4 members (excludes halogenated alkanes) is 1. The Labute approximate surface area is 102 Å². The van der Waals surface area contributed by atoms with Crippen molar-refractivity contribution < 1.29 is 14.3 Å². The van der Waals surface area contributed by atoms with Crippen LogP contribution in [0.25, 0.3) is 0 Å². The maximum Gasteiger partial charge on any atom is 0.257 e. The molecule has 0 fully saturated rings. The van der Waals surface area contributed by atoms with Crippen LogP contribution in [0.5, 0.6) is 11.5 Å². The van der Waals surface area contributed by atoms with Crippen molar-refractivity contribution in [3.63, 3.8) is 0 Å². The van der Waals surface area contributed by atoms with Crippen molar-refractivity contribution in [1.29, 1.82) is 0 Å². The molecule has 0 unspecified atom stereocenters. The number of carbonyl (C=O) groups is 1. The first-order valence-electron chi connectivity index (χ1n) is 5.82. The number of likely N-dealkylation sites (N-methyl/N-ethyl adjacent to an activating group) is 1. The van der Waals surface area contributed by atoms with Crippen LogP contribution in [0, 0.1) is 0 Å². The van der Waals surface area contributed by atoms with Gasteiger partial charge in [-0.05, 0) is 30.7 Å². The van der Waals surface area contributed by atoms with E-state index in [9.17, 15) is 4.79 Å². The number of nitrogens with one attached hydrogen (secondary N) is 1. The molecular formula is C13H19NO3. The average molecular weight is 237 g/mol. The van der Waals surface area contributed by atoms with Gasteiger partial charge in [0.15, 0.2) is 6.61 Å². The van der Waals surface area contributed by atoms with Crippen LogP contribution in [0.2, 0.25) is 0 Å². The van der Waals surface area contributed by atoms with Crippen molar-refractivity contribution >= 4 is 5.91 Å². The van der Waals surface area contributed by atoms with E-state index in [0.717, 1.165) is 25.2 Å². The maximum absolute atomic E-state index is 11.0. The van der Waals surface area contributed by atoms with Crippen LogP contribution in [-0.4, -0.2) is 26.2 Å². The third kappa shape index (κ3) is 5.24. The summed E-state index contributed by atoms with van der Waals surface area (Å²) in [7, 11) is 1.58. The van der Waals surface area contributed by atoms with Crippen LogP contribution < -0.4 is 14.8 Å². The Balaban J connectivity index is 2.36. The second-order valence-electron chi connectivity index (χ2n) is 3.64. The van der Waals surface area contributed by atoms with E-state index >= 15 is 0 Å². The van der Waals surface area contributed by atoms with E-state index in [4.69, 9.17) is 9.47 Å². The van der Waals surface area contributed by atoms with Crippen LogP contribution in [0.3, 0.4) is 0 Å². The SMILES string of the molecule is CCCCOc1ccc(OCC(=O)NC)cc1. The van der Waals surface area contributed by atoms with E-state index in [1.807, 2.05) is 12.1 Å². The first-order valence-corrected chi connectivity index (χ1v) is 5.82. The summed E-state index contributed by atoms with van der Waals surface area (Å²) in [6, 6.07) is 7.28. The Kier molecular flexibility index (Phi) is 5.93. The average Bonchev–Trinajstić information content (AvgIpc) is 2.37. The van der Waals surface area contributed by atoms with E-state index in [1.54, 1.807) is 19.2 Å². The van der Waals surface area contributed by atoms with Gasteiger partial charge in [0.1, 0.15) is 11.5 Å². The molecule has 0 saturated carbocycles. The highest BCUT2D eigenvalue weighted by Crippen LogP contribution is 2.17. The van der Waals surface area contributed by atoms with Gasteiger partial charge in [0.05, 0.1) is 6.61 Å². The number of rotatable bonds is 7. The smallest absolute Gasteiger partial charge is 0.257 e. The van der Waals surface area contributed by atoms with Gasteiger partial charge in [-0.25, -0.2) is 0 Å². The Bertz CT molecular complexity index is 335. The predicted octanol–water partition coefficient (Wildman–Crippen LogP) is 1.99.